The smallest absolute Gasteiger partial charge is 0.410 e. The molecular formula is C23H33N3O4. The maximum absolute atomic E-state index is 12.2. The van der Waals surface area contributed by atoms with Crippen LogP contribution in [-0.4, -0.2) is 53.4 Å². The van der Waals surface area contributed by atoms with Gasteiger partial charge in [0.15, 0.2) is 5.75 Å². The molecule has 7 nitrogen and oxygen atoms in total. The third-order valence-corrected chi connectivity index (χ3v) is 5.47. The first-order valence-corrected chi connectivity index (χ1v) is 10.6. The van der Waals surface area contributed by atoms with E-state index in [0.29, 0.717) is 11.6 Å². The molecule has 2 N–H and O–H groups in total. The van der Waals surface area contributed by atoms with Crippen molar-refractivity contribution in [2.24, 2.45) is 5.92 Å². The van der Waals surface area contributed by atoms with Crippen molar-refractivity contribution in [1.82, 2.24) is 9.88 Å². The van der Waals surface area contributed by atoms with Gasteiger partial charge in [-0.05, 0) is 70.6 Å². The Morgan fingerprint density at radius 2 is 2.00 bits per heavy atom. The average molecular weight is 416 g/mol. The van der Waals surface area contributed by atoms with Gasteiger partial charge in [0, 0.05) is 25.0 Å². The Morgan fingerprint density at radius 1 is 1.30 bits per heavy atom. The number of amides is 1. The van der Waals surface area contributed by atoms with Crippen molar-refractivity contribution < 1.29 is 19.4 Å². The number of nitrogens with zero attached hydrogens (tertiary/aromatic N) is 2. The molecule has 0 bridgehead atoms. The maximum Gasteiger partial charge on any atom is 0.410 e. The van der Waals surface area contributed by atoms with E-state index in [1.54, 1.807) is 12.0 Å². The minimum atomic E-state index is -0.464. The van der Waals surface area contributed by atoms with Gasteiger partial charge in [0.25, 0.3) is 0 Å². The summed E-state index contributed by atoms with van der Waals surface area (Å²) >= 11 is 0. The summed E-state index contributed by atoms with van der Waals surface area (Å²) in [7, 11) is 1.63. The first-order chi connectivity index (χ1) is 14.2. The summed E-state index contributed by atoms with van der Waals surface area (Å²) < 4.78 is 10.8. The van der Waals surface area contributed by atoms with E-state index in [4.69, 9.17) is 9.47 Å². The van der Waals surface area contributed by atoms with E-state index in [9.17, 15) is 9.90 Å². The highest BCUT2D eigenvalue weighted by atomic mass is 16.6. The second-order valence-corrected chi connectivity index (χ2v) is 8.99. The molecule has 164 valence electrons. The van der Waals surface area contributed by atoms with Gasteiger partial charge in [0.2, 0.25) is 0 Å². The number of rotatable bonds is 5. The Kier molecular flexibility index (Phi) is 6.58. The van der Waals surface area contributed by atoms with Crippen LogP contribution in [0.3, 0.4) is 0 Å². The van der Waals surface area contributed by atoms with Gasteiger partial charge in [-0.2, -0.15) is 0 Å². The molecule has 1 fully saturated rings. The van der Waals surface area contributed by atoms with Crippen LogP contribution in [0.25, 0.3) is 10.9 Å². The standard InChI is InChI=1S/C23H33N3O4/c1-15-12-17(29-5)13-18-20(15)25-14-19(27)21(18)24-9-6-16-7-10-26(11-8-16)22(28)30-23(2,3)4/h12-14,16,27H,6-11H2,1-5H3,(H,24,25). The Morgan fingerprint density at radius 3 is 2.63 bits per heavy atom. The molecule has 3 rings (SSSR count). The molecule has 30 heavy (non-hydrogen) atoms. The molecule has 1 saturated heterocycles. The molecular weight excluding hydrogens is 382 g/mol. The lowest BCUT2D eigenvalue weighted by molar-refractivity contribution is 0.0182. The van der Waals surface area contributed by atoms with Gasteiger partial charge in [-0.1, -0.05) is 0 Å². The second kappa shape index (κ2) is 8.98. The van der Waals surface area contributed by atoms with Gasteiger partial charge < -0.3 is 24.8 Å². The Hall–Kier alpha value is -2.70. The summed E-state index contributed by atoms with van der Waals surface area (Å²) in [6.07, 6.45) is 4.14. The van der Waals surface area contributed by atoms with E-state index in [-0.39, 0.29) is 11.8 Å². The molecule has 0 radical (unpaired) electrons. The number of hydrogen-bond acceptors (Lipinski definition) is 6. The van der Waals surface area contributed by atoms with Crippen molar-refractivity contribution >= 4 is 22.7 Å². The van der Waals surface area contributed by atoms with Crippen LogP contribution in [0, 0.1) is 12.8 Å². The largest absolute Gasteiger partial charge is 0.504 e. The number of piperidine rings is 1. The van der Waals surface area contributed by atoms with Crippen molar-refractivity contribution in [3.8, 4) is 11.5 Å². The molecule has 1 aromatic carbocycles. The van der Waals surface area contributed by atoms with Crippen LogP contribution in [-0.2, 0) is 4.74 Å². The van der Waals surface area contributed by atoms with Gasteiger partial charge in [0.05, 0.1) is 24.5 Å². The van der Waals surface area contributed by atoms with Crippen LogP contribution in [0.15, 0.2) is 18.3 Å². The van der Waals surface area contributed by atoms with Gasteiger partial charge in [-0.25, -0.2) is 4.79 Å². The number of fused-ring (bicyclic) bond motifs is 1. The number of methoxy groups -OCH3 is 1. The number of anilines is 1. The minimum Gasteiger partial charge on any atom is -0.504 e. The van der Waals surface area contributed by atoms with Crippen molar-refractivity contribution in [2.75, 3.05) is 32.1 Å². The SMILES string of the molecule is COc1cc(C)c2ncc(O)c(NCCC3CCN(C(=O)OC(C)(C)C)CC3)c2c1. The van der Waals surface area contributed by atoms with Crippen LogP contribution in [0.1, 0.15) is 45.6 Å². The van der Waals surface area contributed by atoms with Crippen molar-refractivity contribution in [3.63, 3.8) is 0 Å². The molecule has 7 heteroatoms. The summed E-state index contributed by atoms with van der Waals surface area (Å²) in [6.45, 7) is 9.83. The van der Waals surface area contributed by atoms with E-state index < -0.39 is 5.60 Å². The topological polar surface area (TPSA) is 83.9 Å². The van der Waals surface area contributed by atoms with E-state index in [0.717, 1.165) is 61.1 Å². The second-order valence-electron chi connectivity index (χ2n) is 8.99. The third-order valence-electron chi connectivity index (χ3n) is 5.47. The monoisotopic (exact) mass is 415 g/mol. The highest BCUT2D eigenvalue weighted by Crippen LogP contribution is 2.35. The lowest BCUT2D eigenvalue weighted by Gasteiger charge is -2.33. The molecule has 0 saturated carbocycles. The van der Waals surface area contributed by atoms with Crippen molar-refractivity contribution in [1.29, 1.82) is 0 Å². The van der Waals surface area contributed by atoms with Gasteiger partial charge >= 0.3 is 6.09 Å². The van der Waals surface area contributed by atoms with Gasteiger partial charge in [0.1, 0.15) is 11.4 Å². The number of carbonyl (C=O) groups excluding carboxylic acids is 1. The third kappa shape index (κ3) is 5.26. The number of likely N-dealkylation sites (tertiary alicyclic amines) is 1. The highest BCUT2D eigenvalue weighted by Gasteiger charge is 2.26. The molecule has 0 aliphatic carbocycles. The van der Waals surface area contributed by atoms with Crippen molar-refractivity contribution in [2.45, 2.75) is 52.6 Å². The quantitative estimate of drug-likeness (QED) is 0.736. The van der Waals surface area contributed by atoms with Crippen LogP contribution in [0.4, 0.5) is 10.5 Å². The number of ether oxygens (including phenoxy) is 2. The van der Waals surface area contributed by atoms with Crippen LogP contribution >= 0.6 is 0 Å². The summed E-state index contributed by atoms with van der Waals surface area (Å²) in [6, 6.07) is 3.84. The predicted octanol–water partition coefficient (Wildman–Crippen LogP) is 4.71. The van der Waals surface area contributed by atoms with E-state index in [1.807, 2.05) is 39.8 Å². The van der Waals surface area contributed by atoms with Gasteiger partial charge in [-0.15, -0.1) is 0 Å². The maximum atomic E-state index is 12.2. The van der Waals surface area contributed by atoms with E-state index in [2.05, 4.69) is 10.3 Å². The number of pyridine rings is 1. The molecule has 0 unspecified atom stereocenters. The van der Waals surface area contributed by atoms with Crippen LogP contribution in [0.2, 0.25) is 0 Å². The number of nitrogens with one attached hydrogen (secondary N) is 1. The number of aromatic nitrogens is 1. The molecule has 1 aliphatic heterocycles. The Bertz CT molecular complexity index is 899. The fourth-order valence-corrected chi connectivity index (χ4v) is 3.87. The summed E-state index contributed by atoms with van der Waals surface area (Å²) in [4.78, 5) is 18.4. The molecule has 0 atom stereocenters. The molecule has 1 aromatic heterocycles. The normalized spacial score (nSPS) is 15.3. The fraction of sp³-hybridized carbons (Fsp3) is 0.565. The number of aryl methyl sites for hydroxylation is 1. The summed E-state index contributed by atoms with van der Waals surface area (Å²) in [5.41, 5.74) is 2.07. The van der Waals surface area contributed by atoms with Crippen molar-refractivity contribution in [3.05, 3.63) is 23.9 Å². The zero-order valence-electron chi connectivity index (χ0n) is 18.6. The minimum absolute atomic E-state index is 0.134. The summed E-state index contributed by atoms with van der Waals surface area (Å²) in [5.74, 6) is 1.41. The predicted molar refractivity (Wildman–Crippen MR) is 118 cm³/mol. The lowest BCUT2D eigenvalue weighted by atomic mass is 9.93. The molecule has 0 spiro atoms. The zero-order chi connectivity index (χ0) is 21.9. The number of carbonyl (C=O) groups is 1. The van der Waals surface area contributed by atoms with Gasteiger partial charge in [-0.3, -0.25) is 4.98 Å². The molecule has 1 amide bonds. The van der Waals surface area contributed by atoms with Crippen LogP contribution in [0.5, 0.6) is 11.5 Å². The first-order valence-electron chi connectivity index (χ1n) is 10.6. The molecule has 2 heterocycles. The number of aromatic hydroxyl groups is 1. The zero-order valence-corrected chi connectivity index (χ0v) is 18.6. The molecule has 1 aliphatic rings. The van der Waals surface area contributed by atoms with E-state index >= 15 is 0 Å². The Labute approximate surface area is 178 Å². The van der Waals surface area contributed by atoms with Crippen LogP contribution < -0.4 is 10.1 Å². The number of benzene rings is 1. The lowest BCUT2D eigenvalue weighted by Crippen LogP contribution is -2.41. The average Bonchev–Trinajstić information content (AvgIpc) is 2.68. The number of hydrogen-bond donors (Lipinski definition) is 2. The highest BCUT2D eigenvalue weighted by molar-refractivity contribution is 5.96. The summed E-state index contributed by atoms with van der Waals surface area (Å²) in [5, 5.41) is 14.6. The van der Waals surface area contributed by atoms with E-state index in [1.165, 1.54) is 6.20 Å². The fourth-order valence-electron chi connectivity index (χ4n) is 3.87. The first kappa shape index (κ1) is 22.0. The molecule has 2 aromatic rings. The Balaban J connectivity index is 1.58.